The highest BCUT2D eigenvalue weighted by Gasteiger charge is 2.13. The molecule has 0 bridgehead atoms. The second-order valence-corrected chi connectivity index (χ2v) is 4.97. The second-order valence-electron chi connectivity index (χ2n) is 4.97. The molecule has 3 unspecified atom stereocenters. The molecule has 4 radical (unpaired) electrons. The summed E-state index contributed by atoms with van der Waals surface area (Å²) in [6, 6.07) is 0. The van der Waals surface area contributed by atoms with E-state index in [0.717, 1.165) is 0 Å². The highest BCUT2D eigenvalue weighted by molar-refractivity contribution is 5.98. The van der Waals surface area contributed by atoms with Gasteiger partial charge in [0.1, 0.15) is 6.10 Å². The van der Waals surface area contributed by atoms with Gasteiger partial charge >= 0.3 is 0 Å². The molecule has 0 aliphatic heterocycles. The van der Waals surface area contributed by atoms with E-state index < -0.39 is 0 Å². The molecule has 6 nitrogen and oxygen atoms in total. The molecule has 0 fully saturated rings. The lowest BCUT2D eigenvalue weighted by Crippen LogP contribution is -2.31. The highest BCUT2D eigenvalue weighted by Crippen LogP contribution is 2.01. The largest absolute Gasteiger partial charge is 0.443 e. The first-order chi connectivity index (χ1) is 10.0. The van der Waals surface area contributed by atoms with Crippen LogP contribution in [-0.2, 0) is 28.3 Å². The van der Waals surface area contributed by atoms with E-state index >= 15 is 0 Å². The third kappa shape index (κ3) is 28.2. The van der Waals surface area contributed by atoms with E-state index in [4.69, 9.17) is 35.0 Å². The molecule has 0 aromatic heterocycles. The van der Waals surface area contributed by atoms with Crippen molar-refractivity contribution in [3.8, 4) is 0 Å². The standard InChI is InChI=1S/C13H26B2O6.6CH4/c1-10(16-4)7-19-13(8-17-5-11(2)20-14)9-18-6-12(3)21-15;;;;;;/h10-13H,5-9H2,1-4H3;6*1H4. The summed E-state index contributed by atoms with van der Waals surface area (Å²) in [7, 11) is 11.7. The summed E-state index contributed by atoms with van der Waals surface area (Å²) < 4.78 is 31.1. The van der Waals surface area contributed by atoms with Gasteiger partial charge in [-0.2, -0.15) is 0 Å². The quantitative estimate of drug-likeness (QED) is 0.410. The summed E-state index contributed by atoms with van der Waals surface area (Å²) in [4.78, 5) is 0. The zero-order valence-electron chi connectivity index (χ0n) is 13.4. The van der Waals surface area contributed by atoms with Crippen LogP contribution in [0.1, 0.15) is 65.3 Å². The van der Waals surface area contributed by atoms with Gasteiger partial charge in [0.15, 0.2) is 0 Å². The minimum Gasteiger partial charge on any atom is -0.443 e. The fraction of sp³-hybridized carbons (Fsp3) is 1.00. The van der Waals surface area contributed by atoms with Crippen LogP contribution in [0.5, 0.6) is 0 Å². The monoisotopic (exact) mass is 396 g/mol. The van der Waals surface area contributed by atoms with Gasteiger partial charge in [-0.25, -0.2) is 0 Å². The maximum absolute atomic E-state index is 5.71. The van der Waals surface area contributed by atoms with Crippen LogP contribution in [-0.4, -0.2) is 80.7 Å². The van der Waals surface area contributed by atoms with Crippen molar-refractivity contribution in [2.75, 3.05) is 40.1 Å². The molecule has 8 heteroatoms. The zero-order valence-corrected chi connectivity index (χ0v) is 13.4. The van der Waals surface area contributed by atoms with E-state index in [1.807, 2.05) is 20.8 Å². The number of hydrogen-bond acceptors (Lipinski definition) is 6. The van der Waals surface area contributed by atoms with Crippen LogP contribution in [0.4, 0.5) is 0 Å². The van der Waals surface area contributed by atoms with E-state index in [1.54, 1.807) is 7.11 Å². The molecule has 0 saturated heterocycles. The molecule has 27 heavy (non-hydrogen) atoms. The Kier molecular flexibility index (Phi) is 51.7. The number of hydrogen-bond donors (Lipinski definition) is 0. The summed E-state index contributed by atoms with van der Waals surface area (Å²) in [5.41, 5.74) is 0. The minimum absolute atomic E-state index is 0. The Hall–Kier alpha value is -0.110. The molecule has 0 aromatic carbocycles. The van der Waals surface area contributed by atoms with E-state index in [2.05, 4.69) is 9.31 Å². The molecule has 0 aliphatic rings. The Morgan fingerprint density at radius 2 is 0.963 bits per heavy atom. The van der Waals surface area contributed by atoms with Crippen molar-refractivity contribution in [2.45, 2.75) is 89.7 Å². The van der Waals surface area contributed by atoms with Crippen molar-refractivity contribution in [1.82, 2.24) is 0 Å². The molecule has 3 atom stereocenters. The van der Waals surface area contributed by atoms with Gasteiger partial charge in [0.2, 0.25) is 0 Å². The number of rotatable bonds is 14. The van der Waals surface area contributed by atoms with Crippen molar-refractivity contribution in [3.63, 3.8) is 0 Å². The summed E-state index contributed by atoms with van der Waals surface area (Å²) in [5.74, 6) is 0. The van der Waals surface area contributed by atoms with Gasteiger partial charge in [-0.15, -0.1) is 0 Å². The fourth-order valence-corrected chi connectivity index (χ4v) is 1.29. The molecule has 0 spiro atoms. The smallest absolute Gasteiger partial charge is 0.283 e. The predicted molar refractivity (Wildman–Crippen MR) is 121 cm³/mol. The molecule has 0 saturated carbocycles. The van der Waals surface area contributed by atoms with Crippen LogP contribution in [0.25, 0.3) is 0 Å². The molecule has 0 rings (SSSR count). The van der Waals surface area contributed by atoms with Crippen LogP contribution < -0.4 is 0 Å². The first kappa shape index (κ1) is 45.6. The average Bonchev–Trinajstić information content (AvgIpc) is 2.50. The molecular formula is C19H50B2O6. The van der Waals surface area contributed by atoms with Crippen LogP contribution >= 0.6 is 0 Å². The van der Waals surface area contributed by atoms with Crippen molar-refractivity contribution in [1.29, 1.82) is 0 Å². The van der Waals surface area contributed by atoms with E-state index in [9.17, 15) is 0 Å². The Bertz CT molecular complexity index is 222. The maximum atomic E-state index is 5.71. The highest BCUT2D eigenvalue weighted by atomic mass is 16.6. The summed E-state index contributed by atoms with van der Waals surface area (Å²) in [5, 5.41) is 0. The molecule has 0 aliphatic carbocycles. The van der Waals surface area contributed by atoms with Crippen molar-refractivity contribution in [2.24, 2.45) is 0 Å². The Balaban J connectivity index is -0.000000133. The maximum Gasteiger partial charge on any atom is 0.283 e. The summed E-state index contributed by atoms with van der Waals surface area (Å²) >= 11 is 0. The van der Waals surface area contributed by atoms with E-state index in [-0.39, 0.29) is 69.0 Å². The van der Waals surface area contributed by atoms with Gasteiger partial charge in [0.25, 0.3) is 16.1 Å². The first-order valence-electron chi connectivity index (χ1n) is 7.04. The average molecular weight is 396 g/mol. The molecule has 0 aromatic rings. The minimum atomic E-state index is -0.211. The van der Waals surface area contributed by atoms with Crippen LogP contribution in [0.2, 0.25) is 0 Å². The van der Waals surface area contributed by atoms with Crippen LogP contribution in [0.15, 0.2) is 0 Å². The summed E-state index contributed by atoms with van der Waals surface area (Å²) in [6.07, 6.45) is -0.548. The number of ether oxygens (including phenoxy) is 4. The van der Waals surface area contributed by atoms with Crippen LogP contribution in [0, 0.1) is 0 Å². The SMILES string of the molecule is C.C.C.C.C.C.[B]OC(C)COCC(COCC(C)O[B])OCC(C)OC. The topological polar surface area (TPSA) is 55.4 Å². The lowest BCUT2D eigenvalue weighted by Gasteiger charge is -2.22. The van der Waals surface area contributed by atoms with Gasteiger partial charge in [-0.1, -0.05) is 44.6 Å². The second kappa shape index (κ2) is 30.6. The normalized spacial score (nSPS) is 13.5. The molecule has 0 amide bonds. The van der Waals surface area contributed by atoms with Crippen LogP contribution in [0.3, 0.4) is 0 Å². The third-order valence-corrected chi connectivity index (χ3v) is 2.75. The summed E-state index contributed by atoms with van der Waals surface area (Å²) in [6.45, 7) is 7.55. The van der Waals surface area contributed by atoms with Gasteiger partial charge in [0.05, 0.1) is 51.3 Å². The molecule has 0 N–H and O–H groups in total. The Morgan fingerprint density at radius 1 is 0.593 bits per heavy atom. The zero-order chi connectivity index (χ0) is 16.1. The lowest BCUT2D eigenvalue weighted by atomic mass is 10.3. The van der Waals surface area contributed by atoms with Crippen molar-refractivity contribution < 1.29 is 28.3 Å². The molecular weight excluding hydrogens is 346 g/mol. The lowest BCUT2D eigenvalue weighted by molar-refractivity contribution is -0.0943. The van der Waals surface area contributed by atoms with Crippen molar-refractivity contribution in [3.05, 3.63) is 0 Å². The molecule has 0 heterocycles. The van der Waals surface area contributed by atoms with Gasteiger partial charge in [0, 0.05) is 7.11 Å². The fourth-order valence-electron chi connectivity index (χ4n) is 1.29. The van der Waals surface area contributed by atoms with Gasteiger partial charge in [-0.05, 0) is 20.8 Å². The van der Waals surface area contributed by atoms with Gasteiger partial charge in [-0.3, -0.25) is 0 Å². The van der Waals surface area contributed by atoms with Gasteiger partial charge < -0.3 is 28.3 Å². The first-order valence-corrected chi connectivity index (χ1v) is 7.04. The van der Waals surface area contributed by atoms with E-state index in [1.165, 1.54) is 0 Å². The molecule has 168 valence electrons. The number of methoxy groups -OCH3 is 1. The third-order valence-electron chi connectivity index (χ3n) is 2.75. The van der Waals surface area contributed by atoms with Crippen molar-refractivity contribution >= 4 is 16.1 Å². The van der Waals surface area contributed by atoms with E-state index in [0.29, 0.717) is 33.0 Å². The Labute approximate surface area is 174 Å². The predicted octanol–water partition coefficient (Wildman–Crippen LogP) is 4.23. The Morgan fingerprint density at radius 3 is 1.26 bits per heavy atom.